The summed E-state index contributed by atoms with van der Waals surface area (Å²) in [6.45, 7) is 3.27. The first-order valence-electron chi connectivity index (χ1n) is 7.01. The van der Waals surface area contributed by atoms with Crippen LogP contribution in [0.2, 0.25) is 0 Å². The number of aromatic nitrogens is 3. The van der Waals surface area contributed by atoms with E-state index in [0.29, 0.717) is 11.4 Å². The van der Waals surface area contributed by atoms with E-state index in [1.165, 1.54) is 11.6 Å². The van der Waals surface area contributed by atoms with Crippen molar-refractivity contribution in [2.75, 3.05) is 13.7 Å². The van der Waals surface area contributed by atoms with Crippen molar-refractivity contribution in [3.05, 3.63) is 35.7 Å². The van der Waals surface area contributed by atoms with Crippen molar-refractivity contribution in [2.45, 2.75) is 13.8 Å². The molecule has 0 fully saturated rings. The number of hydrogen-bond donors (Lipinski definition) is 2. The molecule has 23 heavy (non-hydrogen) atoms. The molecule has 1 atom stereocenters. The van der Waals surface area contributed by atoms with Gasteiger partial charge in [-0.15, -0.1) is 5.10 Å². The summed E-state index contributed by atoms with van der Waals surface area (Å²) >= 11 is 0. The molecule has 1 aromatic carbocycles. The van der Waals surface area contributed by atoms with Gasteiger partial charge in [0.2, 0.25) is 0 Å². The fraction of sp³-hybridized carbons (Fsp3) is 0.333. The monoisotopic (exact) mass is 318 g/mol. The lowest BCUT2D eigenvalue weighted by atomic mass is 10.2. The highest BCUT2D eigenvalue weighted by Gasteiger charge is 2.19. The average molecular weight is 318 g/mol. The smallest absolute Gasteiger partial charge is 0.308 e. The number of carbonyl (C=O) groups excluding carboxylic acids is 1. The zero-order valence-corrected chi connectivity index (χ0v) is 13.1. The second kappa shape index (κ2) is 6.91. The topological polar surface area (TPSA) is 106 Å². The third kappa shape index (κ3) is 3.65. The summed E-state index contributed by atoms with van der Waals surface area (Å²) in [6, 6.07) is 7.17. The molecule has 0 saturated heterocycles. The number of carboxylic acids is 1. The molecule has 1 unspecified atom stereocenters. The quantitative estimate of drug-likeness (QED) is 0.824. The van der Waals surface area contributed by atoms with Crippen molar-refractivity contribution >= 4 is 11.9 Å². The number of rotatable bonds is 6. The molecule has 0 aliphatic rings. The highest BCUT2D eigenvalue weighted by Crippen LogP contribution is 2.16. The minimum absolute atomic E-state index is 0.0308. The molecule has 1 amide bonds. The Morgan fingerprint density at radius 2 is 2.00 bits per heavy atom. The van der Waals surface area contributed by atoms with Crippen LogP contribution < -0.4 is 10.1 Å². The van der Waals surface area contributed by atoms with Crippen LogP contribution in [0.5, 0.6) is 5.75 Å². The van der Waals surface area contributed by atoms with Gasteiger partial charge in [0, 0.05) is 6.54 Å². The van der Waals surface area contributed by atoms with Gasteiger partial charge in [0.05, 0.1) is 24.4 Å². The Hall–Kier alpha value is -2.90. The second-order valence-corrected chi connectivity index (χ2v) is 5.08. The Morgan fingerprint density at radius 3 is 2.57 bits per heavy atom. The van der Waals surface area contributed by atoms with E-state index in [4.69, 9.17) is 9.84 Å². The predicted octanol–water partition coefficient (Wildman–Crippen LogP) is 1.03. The maximum Gasteiger partial charge on any atom is 0.308 e. The minimum atomic E-state index is -0.969. The molecule has 2 N–H and O–H groups in total. The number of benzene rings is 1. The fourth-order valence-corrected chi connectivity index (χ4v) is 1.92. The molecule has 0 radical (unpaired) electrons. The van der Waals surface area contributed by atoms with E-state index in [2.05, 4.69) is 15.6 Å². The van der Waals surface area contributed by atoms with Crippen LogP contribution in [-0.2, 0) is 4.79 Å². The van der Waals surface area contributed by atoms with Crippen LogP contribution in [0.25, 0.3) is 5.69 Å². The number of methoxy groups -OCH3 is 1. The third-order valence-corrected chi connectivity index (χ3v) is 3.42. The molecule has 2 aromatic rings. The summed E-state index contributed by atoms with van der Waals surface area (Å²) in [6.07, 6.45) is 0. The van der Waals surface area contributed by atoms with E-state index in [9.17, 15) is 9.59 Å². The summed E-state index contributed by atoms with van der Waals surface area (Å²) in [7, 11) is 1.58. The first-order chi connectivity index (χ1) is 10.9. The number of carbonyl (C=O) groups is 2. The number of amides is 1. The molecule has 0 aliphatic heterocycles. The van der Waals surface area contributed by atoms with E-state index in [1.54, 1.807) is 38.3 Å². The van der Waals surface area contributed by atoms with Crippen LogP contribution in [0.3, 0.4) is 0 Å². The van der Waals surface area contributed by atoms with Crippen molar-refractivity contribution in [1.82, 2.24) is 20.3 Å². The summed E-state index contributed by atoms with van der Waals surface area (Å²) in [5, 5.41) is 19.2. The van der Waals surface area contributed by atoms with Gasteiger partial charge in [0.25, 0.3) is 5.91 Å². The second-order valence-electron chi connectivity index (χ2n) is 5.08. The molecule has 0 bridgehead atoms. The molecule has 1 aromatic heterocycles. The van der Waals surface area contributed by atoms with Gasteiger partial charge in [-0.3, -0.25) is 9.59 Å². The normalized spacial score (nSPS) is 11.8. The third-order valence-electron chi connectivity index (χ3n) is 3.42. The predicted molar refractivity (Wildman–Crippen MR) is 81.8 cm³/mol. The molecule has 122 valence electrons. The van der Waals surface area contributed by atoms with Gasteiger partial charge in [0.1, 0.15) is 5.75 Å². The highest BCUT2D eigenvalue weighted by atomic mass is 16.5. The number of nitrogens with one attached hydrogen (secondary N) is 1. The summed E-state index contributed by atoms with van der Waals surface area (Å²) < 4.78 is 6.63. The first-order valence-corrected chi connectivity index (χ1v) is 7.01. The Morgan fingerprint density at radius 1 is 1.35 bits per heavy atom. The highest BCUT2D eigenvalue weighted by molar-refractivity contribution is 5.93. The molecular weight excluding hydrogens is 300 g/mol. The Bertz CT molecular complexity index is 709. The number of carboxylic acid groups (broad SMARTS) is 1. The maximum atomic E-state index is 12.1. The number of aliphatic carboxylic acids is 1. The van der Waals surface area contributed by atoms with Crippen LogP contribution in [0.15, 0.2) is 24.3 Å². The Labute approximate surface area is 133 Å². The largest absolute Gasteiger partial charge is 0.497 e. The van der Waals surface area contributed by atoms with Crippen molar-refractivity contribution in [3.63, 3.8) is 0 Å². The number of nitrogens with zero attached hydrogens (tertiary/aromatic N) is 3. The molecule has 0 aliphatic carbocycles. The molecule has 8 nitrogen and oxygen atoms in total. The van der Waals surface area contributed by atoms with Gasteiger partial charge in [-0.1, -0.05) is 12.1 Å². The van der Waals surface area contributed by atoms with Crippen LogP contribution in [0.4, 0.5) is 0 Å². The molecular formula is C15H18N4O4. The Kier molecular flexibility index (Phi) is 4.95. The lowest BCUT2D eigenvalue weighted by Gasteiger charge is -2.08. The van der Waals surface area contributed by atoms with Gasteiger partial charge in [-0.25, -0.2) is 4.68 Å². The van der Waals surface area contributed by atoms with Gasteiger partial charge in [-0.2, -0.15) is 0 Å². The van der Waals surface area contributed by atoms with E-state index < -0.39 is 17.8 Å². The maximum absolute atomic E-state index is 12.1. The number of hydrogen-bond acceptors (Lipinski definition) is 5. The standard InChI is InChI=1S/C15H18N4O4/c1-9(15(21)22)8-16-14(20)13-10(2)19(18-17-13)11-4-6-12(23-3)7-5-11/h4-7,9H,8H2,1-3H3,(H,16,20)(H,21,22). The lowest BCUT2D eigenvalue weighted by molar-refractivity contribution is -0.140. The van der Waals surface area contributed by atoms with Crippen LogP contribution in [-0.4, -0.2) is 45.6 Å². The van der Waals surface area contributed by atoms with Crippen molar-refractivity contribution in [3.8, 4) is 11.4 Å². The molecule has 0 saturated carbocycles. The van der Waals surface area contributed by atoms with Gasteiger partial charge >= 0.3 is 5.97 Å². The summed E-state index contributed by atoms with van der Waals surface area (Å²) in [5.74, 6) is -1.37. The zero-order chi connectivity index (χ0) is 17.0. The van der Waals surface area contributed by atoms with Crippen LogP contribution >= 0.6 is 0 Å². The average Bonchev–Trinajstić information content (AvgIpc) is 2.93. The molecule has 1 heterocycles. The Balaban J connectivity index is 2.14. The lowest BCUT2D eigenvalue weighted by Crippen LogP contribution is -2.32. The van der Waals surface area contributed by atoms with Crippen LogP contribution in [0, 0.1) is 12.8 Å². The molecule has 8 heteroatoms. The van der Waals surface area contributed by atoms with Crippen molar-refractivity contribution in [1.29, 1.82) is 0 Å². The molecule has 0 spiro atoms. The van der Waals surface area contributed by atoms with Gasteiger partial charge < -0.3 is 15.2 Å². The van der Waals surface area contributed by atoms with E-state index in [0.717, 1.165) is 5.69 Å². The van der Waals surface area contributed by atoms with E-state index in [-0.39, 0.29) is 12.2 Å². The van der Waals surface area contributed by atoms with Crippen molar-refractivity contribution < 1.29 is 19.4 Å². The van der Waals surface area contributed by atoms with E-state index in [1.807, 2.05) is 0 Å². The fourth-order valence-electron chi connectivity index (χ4n) is 1.92. The zero-order valence-electron chi connectivity index (χ0n) is 13.1. The van der Waals surface area contributed by atoms with Crippen molar-refractivity contribution in [2.24, 2.45) is 5.92 Å². The first kappa shape index (κ1) is 16.5. The molecule has 2 rings (SSSR count). The SMILES string of the molecule is COc1ccc(-n2nnc(C(=O)NCC(C)C(=O)O)c2C)cc1. The van der Waals surface area contributed by atoms with E-state index >= 15 is 0 Å². The summed E-state index contributed by atoms with van der Waals surface area (Å²) in [4.78, 5) is 22.9. The van der Waals surface area contributed by atoms with Gasteiger partial charge in [-0.05, 0) is 31.2 Å². The number of ether oxygens (including phenoxy) is 1. The minimum Gasteiger partial charge on any atom is -0.497 e. The summed E-state index contributed by atoms with van der Waals surface area (Å²) in [5.41, 5.74) is 1.47. The van der Waals surface area contributed by atoms with Crippen LogP contribution in [0.1, 0.15) is 23.1 Å². The van der Waals surface area contributed by atoms with Gasteiger partial charge in [0.15, 0.2) is 5.69 Å².